The molecule has 1 atom stereocenters. The maximum Gasteiger partial charge on any atom is 0.0731 e. The Hall–Kier alpha value is -0.640. The monoisotopic (exact) mass is 208 g/mol. The lowest BCUT2D eigenvalue weighted by atomic mass is 9.99. The van der Waals surface area contributed by atoms with E-state index in [2.05, 4.69) is 18.1 Å². The van der Waals surface area contributed by atoms with Crippen LogP contribution in [0.4, 0.5) is 0 Å². The minimum atomic E-state index is 0.116. The van der Waals surface area contributed by atoms with E-state index in [0.29, 0.717) is 0 Å². The molecule has 0 amide bonds. The highest BCUT2D eigenvalue weighted by Crippen LogP contribution is 2.32. The Labute approximate surface area is 88.8 Å². The fourth-order valence-electron chi connectivity index (χ4n) is 1.93. The van der Waals surface area contributed by atoms with Crippen LogP contribution in [0.25, 0.3) is 0 Å². The topological polar surface area (TPSA) is 38.0 Å². The van der Waals surface area contributed by atoms with E-state index < -0.39 is 0 Å². The minimum absolute atomic E-state index is 0.116. The van der Waals surface area contributed by atoms with Crippen molar-refractivity contribution in [3.05, 3.63) is 34.0 Å². The zero-order chi connectivity index (χ0) is 9.97. The van der Waals surface area contributed by atoms with E-state index >= 15 is 0 Å². The van der Waals surface area contributed by atoms with E-state index in [1.165, 1.54) is 36.1 Å². The Morgan fingerprint density at radius 3 is 2.93 bits per heavy atom. The Kier molecular flexibility index (Phi) is 3.01. The number of rotatable bonds is 3. The molecule has 0 aliphatic heterocycles. The van der Waals surface area contributed by atoms with E-state index in [0.717, 1.165) is 0 Å². The second-order valence-corrected chi connectivity index (χ2v) is 4.85. The second-order valence-electron chi connectivity index (χ2n) is 3.68. The molecule has 0 bridgehead atoms. The molecule has 0 spiro atoms. The van der Waals surface area contributed by atoms with Crippen LogP contribution in [0.15, 0.2) is 18.7 Å². The highest BCUT2D eigenvalue weighted by Gasteiger charge is 2.16. The zero-order valence-corrected chi connectivity index (χ0v) is 9.07. The van der Waals surface area contributed by atoms with E-state index in [4.69, 9.17) is 5.84 Å². The molecule has 1 unspecified atom stereocenters. The van der Waals surface area contributed by atoms with Gasteiger partial charge in [-0.1, -0.05) is 6.08 Å². The van der Waals surface area contributed by atoms with Gasteiger partial charge in [-0.05, 0) is 37.3 Å². The standard InChI is InChI=1S/C11H16N2S/c1-2-9(13-12)11-7-8-5-3-4-6-10(8)14-11/h2,7,9,13H,1,3-6,12H2. The van der Waals surface area contributed by atoms with E-state index in [1.54, 1.807) is 4.88 Å². The van der Waals surface area contributed by atoms with Crippen molar-refractivity contribution in [1.82, 2.24) is 5.43 Å². The van der Waals surface area contributed by atoms with Crippen molar-refractivity contribution >= 4 is 11.3 Å². The molecule has 2 rings (SSSR count). The van der Waals surface area contributed by atoms with Crippen molar-refractivity contribution in [2.45, 2.75) is 31.7 Å². The number of hydrogen-bond acceptors (Lipinski definition) is 3. The van der Waals surface area contributed by atoms with Gasteiger partial charge in [0.05, 0.1) is 6.04 Å². The third-order valence-electron chi connectivity index (χ3n) is 2.74. The first-order chi connectivity index (χ1) is 6.85. The molecule has 1 aromatic rings. The number of nitrogens with one attached hydrogen (secondary N) is 1. The van der Waals surface area contributed by atoms with Gasteiger partial charge in [0.2, 0.25) is 0 Å². The van der Waals surface area contributed by atoms with Crippen molar-refractivity contribution in [1.29, 1.82) is 0 Å². The maximum atomic E-state index is 5.46. The molecule has 76 valence electrons. The molecule has 0 saturated carbocycles. The van der Waals surface area contributed by atoms with Crippen LogP contribution in [0.1, 0.15) is 34.2 Å². The summed E-state index contributed by atoms with van der Waals surface area (Å²) in [6.45, 7) is 3.78. The third kappa shape index (κ3) is 1.75. The quantitative estimate of drug-likeness (QED) is 0.454. The summed E-state index contributed by atoms with van der Waals surface area (Å²) < 4.78 is 0. The molecule has 3 heteroatoms. The molecule has 0 radical (unpaired) electrons. The Morgan fingerprint density at radius 2 is 2.29 bits per heavy atom. The van der Waals surface area contributed by atoms with Gasteiger partial charge >= 0.3 is 0 Å². The van der Waals surface area contributed by atoms with Gasteiger partial charge < -0.3 is 0 Å². The first-order valence-electron chi connectivity index (χ1n) is 5.05. The van der Waals surface area contributed by atoms with Gasteiger partial charge in [-0.25, -0.2) is 5.43 Å². The van der Waals surface area contributed by atoms with E-state index in [9.17, 15) is 0 Å². The first-order valence-corrected chi connectivity index (χ1v) is 5.87. The van der Waals surface area contributed by atoms with Crippen molar-refractivity contribution in [2.75, 3.05) is 0 Å². The van der Waals surface area contributed by atoms with Crippen molar-refractivity contribution in [3.8, 4) is 0 Å². The van der Waals surface area contributed by atoms with Crippen LogP contribution in [-0.4, -0.2) is 0 Å². The lowest BCUT2D eigenvalue weighted by Crippen LogP contribution is -2.25. The van der Waals surface area contributed by atoms with Gasteiger partial charge in [0.1, 0.15) is 0 Å². The van der Waals surface area contributed by atoms with Gasteiger partial charge in [-0.15, -0.1) is 17.9 Å². The van der Waals surface area contributed by atoms with Crippen LogP contribution in [-0.2, 0) is 12.8 Å². The third-order valence-corrected chi connectivity index (χ3v) is 4.06. The van der Waals surface area contributed by atoms with Gasteiger partial charge in [0, 0.05) is 9.75 Å². The molecule has 0 fully saturated rings. The van der Waals surface area contributed by atoms with Crippen LogP contribution in [0.2, 0.25) is 0 Å². The SMILES string of the molecule is C=CC(NN)c1cc2c(s1)CCCC2. The fourth-order valence-corrected chi connectivity index (χ4v) is 3.25. The molecular formula is C11H16N2S. The molecule has 3 N–H and O–H groups in total. The van der Waals surface area contributed by atoms with Gasteiger partial charge in [-0.3, -0.25) is 5.84 Å². The number of fused-ring (bicyclic) bond motifs is 1. The number of aryl methyl sites for hydroxylation is 2. The molecule has 1 aliphatic carbocycles. The molecule has 0 saturated heterocycles. The average molecular weight is 208 g/mol. The first kappa shape index (κ1) is 9.90. The van der Waals surface area contributed by atoms with Crippen LogP contribution in [0.3, 0.4) is 0 Å². The van der Waals surface area contributed by atoms with E-state index in [-0.39, 0.29) is 6.04 Å². The van der Waals surface area contributed by atoms with Crippen LogP contribution in [0, 0.1) is 0 Å². The summed E-state index contributed by atoms with van der Waals surface area (Å²) in [6, 6.07) is 2.40. The van der Waals surface area contributed by atoms with Gasteiger partial charge in [0.15, 0.2) is 0 Å². The summed E-state index contributed by atoms with van der Waals surface area (Å²) in [4.78, 5) is 2.85. The van der Waals surface area contributed by atoms with Gasteiger partial charge in [0.25, 0.3) is 0 Å². The van der Waals surface area contributed by atoms with Gasteiger partial charge in [-0.2, -0.15) is 0 Å². The molecule has 14 heavy (non-hydrogen) atoms. The van der Waals surface area contributed by atoms with Crippen molar-refractivity contribution in [3.63, 3.8) is 0 Å². The predicted octanol–water partition coefficient (Wildman–Crippen LogP) is 2.32. The predicted molar refractivity (Wildman–Crippen MR) is 61.2 cm³/mol. The Bertz CT molecular complexity index is 307. The second kappa shape index (κ2) is 4.26. The summed E-state index contributed by atoms with van der Waals surface area (Å²) in [5.74, 6) is 5.46. The number of hydrogen-bond donors (Lipinski definition) is 2. The van der Waals surface area contributed by atoms with Crippen molar-refractivity contribution < 1.29 is 0 Å². The fraction of sp³-hybridized carbons (Fsp3) is 0.455. The molecule has 0 aromatic carbocycles. The van der Waals surface area contributed by atoms with E-state index in [1.807, 2.05) is 17.4 Å². The minimum Gasteiger partial charge on any atom is -0.271 e. The highest BCUT2D eigenvalue weighted by molar-refractivity contribution is 7.12. The summed E-state index contributed by atoms with van der Waals surface area (Å²) >= 11 is 1.88. The average Bonchev–Trinajstić information content (AvgIpc) is 2.63. The number of thiophene rings is 1. The molecule has 1 aliphatic rings. The molecule has 1 aromatic heterocycles. The van der Waals surface area contributed by atoms with Crippen LogP contribution >= 0.6 is 11.3 Å². The highest BCUT2D eigenvalue weighted by atomic mass is 32.1. The van der Waals surface area contributed by atoms with Crippen LogP contribution in [0.5, 0.6) is 0 Å². The summed E-state index contributed by atoms with van der Waals surface area (Å²) in [7, 11) is 0. The molecular weight excluding hydrogens is 192 g/mol. The molecule has 2 nitrogen and oxygen atoms in total. The summed E-state index contributed by atoms with van der Waals surface area (Å²) in [6.07, 6.45) is 7.01. The number of hydrazine groups is 1. The smallest absolute Gasteiger partial charge is 0.0731 e. The summed E-state index contributed by atoms with van der Waals surface area (Å²) in [5, 5.41) is 0. The molecule has 1 heterocycles. The summed E-state index contributed by atoms with van der Waals surface area (Å²) in [5.41, 5.74) is 4.30. The normalized spacial score (nSPS) is 17.5. The Morgan fingerprint density at radius 1 is 1.50 bits per heavy atom. The zero-order valence-electron chi connectivity index (χ0n) is 8.25. The largest absolute Gasteiger partial charge is 0.271 e. The lowest BCUT2D eigenvalue weighted by Gasteiger charge is -2.08. The number of nitrogens with two attached hydrogens (primary N) is 1. The van der Waals surface area contributed by atoms with Crippen molar-refractivity contribution in [2.24, 2.45) is 5.84 Å². The lowest BCUT2D eigenvalue weighted by molar-refractivity contribution is 0.665. The van der Waals surface area contributed by atoms with Crippen LogP contribution < -0.4 is 11.3 Å². The maximum absolute atomic E-state index is 5.46. The Balaban J connectivity index is 2.27.